The molecule has 1 heterocycles. The summed E-state index contributed by atoms with van der Waals surface area (Å²) in [6, 6.07) is 3.67. The van der Waals surface area contributed by atoms with Gasteiger partial charge in [0.05, 0.1) is 32.9 Å². The summed E-state index contributed by atoms with van der Waals surface area (Å²) in [7, 11) is 3.14. The van der Waals surface area contributed by atoms with E-state index in [0.717, 1.165) is 22.0 Å². The molecule has 0 atom stereocenters. The monoisotopic (exact) mass is 304 g/mol. The predicted octanol–water partition coefficient (Wildman–Crippen LogP) is 1.82. The Morgan fingerprint density at radius 2 is 1.82 bits per heavy atom. The van der Waals surface area contributed by atoms with Gasteiger partial charge in [-0.2, -0.15) is 0 Å². The second-order valence-electron chi connectivity index (χ2n) is 4.67. The number of ether oxygens (including phenoxy) is 3. The van der Waals surface area contributed by atoms with Gasteiger partial charge >= 0.3 is 5.97 Å². The average Bonchev–Trinajstić information content (AvgIpc) is 2.54. The predicted molar refractivity (Wildman–Crippen MR) is 83.1 cm³/mol. The van der Waals surface area contributed by atoms with E-state index in [1.54, 1.807) is 27.3 Å². The Kier molecular flexibility index (Phi) is 5.16. The quantitative estimate of drug-likeness (QED) is 0.820. The number of hydrogen-bond acceptors (Lipinski definition) is 6. The van der Waals surface area contributed by atoms with E-state index in [1.807, 2.05) is 12.1 Å². The number of nitrogens with two attached hydrogens (primary N) is 1. The molecule has 0 amide bonds. The van der Waals surface area contributed by atoms with Gasteiger partial charge in [-0.15, -0.1) is 0 Å². The highest BCUT2D eigenvalue weighted by molar-refractivity contribution is 5.92. The van der Waals surface area contributed by atoms with Crippen molar-refractivity contribution in [3.8, 4) is 11.5 Å². The number of pyridine rings is 1. The Morgan fingerprint density at radius 3 is 2.36 bits per heavy atom. The lowest BCUT2D eigenvalue weighted by atomic mass is 10.0. The lowest BCUT2D eigenvalue weighted by molar-refractivity contribution is -0.142. The van der Waals surface area contributed by atoms with Crippen LogP contribution in [0.25, 0.3) is 10.8 Å². The van der Waals surface area contributed by atoms with Crippen molar-refractivity contribution in [2.75, 3.05) is 20.8 Å². The van der Waals surface area contributed by atoms with Crippen LogP contribution in [0.2, 0.25) is 0 Å². The van der Waals surface area contributed by atoms with E-state index in [2.05, 4.69) is 4.98 Å². The van der Waals surface area contributed by atoms with Crippen LogP contribution in [-0.2, 0) is 22.5 Å². The Bertz CT molecular complexity index is 685. The lowest BCUT2D eigenvalue weighted by Crippen LogP contribution is -2.09. The van der Waals surface area contributed by atoms with Crippen molar-refractivity contribution in [1.29, 1.82) is 0 Å². The van der Waals surface area contributed by atoms with E-state index in [-0.39, 0.29) is 12.4 Å². The number of benzene rings is 1. The molecule has 1 aromatic carbocycles. The van der Waals surface area contributed by atoms with Gasteiger partial charge in [-0.1, -0.05) is 0 Å². The van der Waals surface area contributed by atoms with E-state index in [4.69, 9.17) is 19.9 Å². The molecule has 2 aromatic rings. The van der Waals surface area contributed by atoms with Crippen molar-refractivity contribution >= 4 is 16.7 Å². The molecule has 0 radical (unpaired) electrons. The fourth-order valence-electron chi connectivity index (χ4n) is 2.35. The second kappa shape index (κ2) is 7.09. The summed E-state index contributed by atoms with van der Waals surface area (Å²) in [5.41, 5.74) is 7.26. The van der Waals surface area contributed by atoms with Gasteiger partial charge < -0.3 is 19.9 Å². The van der Waals surface area contributed by atoms with Crippen LogP contribution >= 0.6 is 0 Å². The number of rotatable bonds is 6. The number of methoxy groups -OCH3 is 2. The first kappa shape index (κ1) is 16.0. The summed E-state index contributed by atoms with van der Waals surface area (Å²) >= 11 is 0. The number of hydrogen-bond donors (Lipinski definition) is 1. The molecule has 0 fully saturated rings. The molecule has 118 valence electrons. The maximum atomic E-state index is 11.8. The van der Waals surface area contributed by atoms with Crippen LogP contribution in [0.15, 0.2) is 18.3 Å². The van der Waals surface area contributed by atoms with Gasteiger partial charge in [0.25, 0.3) is 0 Å². The summed E-state index contributed by atoms with van der Waals surface area (Å²) in [6.45, 7) is 2.42. The molecule has 0 aliphatic rings. The summed E-state index contributed by atoms with van der Waals surface area (Å²) in [4.78, 5) is 16.1. The maximum Gasteiger partial charge on any atom is 0.310 e. The second-order valence-corrected chi connectivity index (χ2v) is 4.67. The smallest absolute Gasteiger partial charge is 0.310 e. The first-order valence-electron chi connectivity index (χ1n) is 7.02. The number of esters is 1. The fourth-order valence-corrected chi connectivity index (χ4v) is 2.35. The SMILES string of the molecule is CCOC(=O)Cc1cnc(CN)c2cc(OC)c(OC)cc12. The van der Waals surface area contributed by atoms with Crippen LogP contribution < -0.4 is 15.2 Å². The largest absolute Gasteiger partial charge is 0.493 e. The van der Waals surface area contributed by atoms with E-state index in [9.17, 15) is 4.79 Å². The first-order chi connectivity index (χ1) is 10.6. The standard InChI is InChI=1S/C16H20N2O4/c1-4-22-16(19)5-10-9-18-13(8-17)12-7-15(21-3)14(20-2)6-11(10)12/h6-7,9H,4-5,8,17H2,1-3H3. The summed E-state index contributed by atoms with van der Waals surface area (Å²) < 4.78 is 15.7. The molecule has 0 aliphatic heterocycles. The van der Waals surface area contributed by atoms with Crippen LogP contribution in [0.1, 0.15) is 18.2 Å². The molecule has 0 spiro atoms. The van der Waals surface area contributed by atoms with Crippen LogP contribution in [0, 0.1) is 0 Å². The number of fused-ring (bicyclic) bond motifs is 1. The van der Waals surface area contributed by atoms with Gasteiger partial charge in [0.15, 0.2) is 11.5 Å². The van der Waals surface area contributed by atoms with E-state index >= 15 is 0 Å². The molecular weight excluding hydrogens is 284 g/mol. The normalized spacial score (nSPS) is 10.5. The number of carbonyl (C=O) groups is 1. The molecule has 0 unspecified atom stereocenters. The minimum atomic E-state index is -0.291. The van der Waals surface area contributed by atoms with Crippen LogP contribution in [-0.4, -0.2) is 31.8 Å². The third kappa shape index (κ3) is 3.12. The lowest BCUT2D eigenvalue weighted by Gasteiger charge is -2.13. The van der Waals surface area contributed by atoms with E-state index in [0.29, 0.717) is 24.7 Å². The molecule has 0 saturated heterocycles. The highest BCUT2D eigenvalue weighted by Gasteiger charge is 2.15. The fraction of sp³-hybridized carbons (Fsp3) is 0.375. The van der Waals surface area contributed by atoms with Crippen molar-refractivity contribution in [3.63, 3.8) is 0 Å². The third-order valence-electron chi connectivity index (χ3n) is 3.39. The Labute approximate surface area is 129 Å². The molecule has 2 rings (SSSR count). The van der Waals surface area contributed by atoms with Gasteiger partial charge in [-0.05, 0) is 30.0 Å². The van der Waals surface area contributed by atoms with Gasteiger partial charge in [0, 0.05) is 18.1 Å². The van der Waals surface area contributed by atoms with Crippen LogP contribution in [0.5, 0.6) is 11.5 Å². The Hall–Kier alpha value is -2.34. The maximum absolute atomic E-state index is 11.8. The molecule has 1 aromatic heterocycles. The minimum absolute atomic E-state index is 0.150. The number of carbonyl (C=O) groups excluding carboxylic acids is 1. The van der Waals surface area contributed by atoms with E-state index in [1.165, 1.54) is 0 Å². The molecular formula is C16H20N2O4. The van der Waals surface area contributed by atoms with Crippen molar-refractivity contribution in [1.82, 2.24) is 4.98 Å². The highest BCUT2D eigenvalue weighted by atomic mass is 16.5. The minimum Gasteiger partial charge on any atom is -0.493 e. The van der Waals surface area contributed by atoms with Gasteiger partial charge in [0.2, 0.25) is 0 Å². The average molecular weight is 304 g/mol. The molecule has 22 heavy (non-hydrogen) atoms. The molecule has 2 N–H and O–H groups in total. The van der Waals surface area contributed by atoms with Crippen LogP contribution in [0.3, 0.4) is 0 Å². The third-order valence-corrected chi connectivity index (χ3v) is 3.39. The van der Waals surface area contributed by atoms with Crippen molar-refractivity contribution < 1.29 is 19.0 Å². The summed E-state index contributed by atoms with van der Waals surface area (Å²) in [6.07, 6.45) is 1.81. The Morgan fingerprint density at radius 1 is 1.18 bits per heavy atom. The van der Waals surface area contributed by atoms with Gasteiger partial charge in [0.1, 0.15) is 0 Å². The zero-order valence-corrected chi connectivity index (χ0v) is 13.0. The zero-order chi connectivity index (χ0) is 16.1. The summed E-state index contributed by atoms with van der Waals surface area (Å²) in [5.74, 6) is 0.898. The highest BCUT2D eigenvalue weighted by Crippen LogP contribution is 2.34. The van der Waals surface area contributed by atoms with Gasteiger partial charge in [-0.25, -0.2) is 0 Å². The molecule has 0 saturated carbocycles. The Balaban J connectivity index is 2.60. The summed E-state index contributed by atoms with van der Waals surface area (Å²) in [5, 5.41) is 1.71. The van der Waals surface area contributed by atoms with Crippen molar-refractivity contribution in [2.45, 2.75) is 19.9 Å². The molecule has 0 bridgehead atoms. The molecule has 0 aliphatic carbocycles. The van der Waals surface area contributed by atoms with Crippen molar-refractivity contribution in [3.05, 3.63) is 29.6 Å². The first-order valence-corrected chi connectivity index (χ1v) is 7.02. The number of aromatic nitrogens is 1. The van der Waals surface area contributed by atoms with E-state index < -0.39 is 0 Å². The molecule has 6 nitrogen and oxygen atoms in total. The number of nitrogens with zero attached hydrogens (tertiary/aromatic N) is 1. The zero-order valence-electron chi connectivity index (χ0n) is 13.0. The molecule has 6 heteroatoms. The van der Waals surface area contributed by atoms with Gasteiger partial charge in [-0.3, -0.25) is 9.78 Å². The van der Waals surface area contributed by atoms with Crippen LogP contribution in [0.4, 0.5) is 0 Å². The topological polar surface area (TPSA) is 83.7 Å². The van der Waals surface area contributed by atoms with Crippen molar-refractivity contribution in [2.24, 2.45) is 5.73 Å².